The topological polar surface area (TPSA) is 112 Å². The fraction of sp³-hybridized carbons (Fsp3) is 0. The number of aromatic nitrogens is 2. The third-order valence-electron chi connectivity index (χ3n) is 2.77. The van der Waals surface area contributed by atoms with Crippen molar-refractivity contribution in [2.24, 2.45) is 0 Å². The van der Waals surface area contributed by atoms with Crippen LogP contribution in [0.4, 0.5) is 5.69 Å². The van der Waals surface area contributed by atoms with Crippen molar-refractivity contribution < 1.29 is 17.5 Å². The second kappa shape index (κ2) is 5.31. The summed E-state index contributed by atoms with van der Waals surface area (Å²) in [4.78, 5) is 9.88. The molecule has 10 heteroatoms. The van der Waals surface area contributed by atoms with Gasteiger partial charge in [-0.25, -0.2) is 0 Å². The Morgan fingerprint density at radius 2 is 1.82 bits per heavy atom. The van der Waals surface area contributed by atoms with E-state index in [0.717, 1.165) is 23.9 Å². The number of benzene rings is 2. The van der Waals surface area contributed by atoms with Gasteiger partial charge in [0, 0.05) is 12.1 Å². The van der Waals surface area contributed by atoms with Crippen LogP contribution in [0.25, 0.3) is 11.0 Å². The fourth-order valence-electron chi connectivity index (χ4n) is 1.78. The normalized spacial score (nSPS) is 11.5. The van der Waals surface area contributed by atoms with Gasteiger partial charge in [0.1, 0.15) is 21.7 Å². The molecule has 0 fully saturated rings. The molecule has 112 valence electrons. The van der Waals surface area contributed by atoms with Crippen molar-refractivity contribution in [1.82, 2.24) is 8.75 Å². The maximum Gasteiger partial charge on any atom is 0.341 e. The first-order valence-electron chi connectivity index (χ1n) is 5.87. The molecule has 2 aromatic carbocycles. The highest BCUT2D eigenvalue weighted by atomic mass is 32.2. The van der Waals surface area contributed by atoms with Gasteiger partial charge in [-0.05, 0) is 24.3 Å². The summed E-state index contributed by atoms with van der Waals surface area (Å²) in [6.07, 6.45) is 0. The number of fused-ring (bicyclic) bond motifs is 1. The predicted molar refractivity (Wildman–Crippen MR) is 78.3 cm³/mol. The number of nitrogens with zero attached hydrogens (tertiary/aromatic N) is 3. The SMILES string of the molecule is O=[N+]([O-])c1ccc(OS(=O)(=O)c2cccc3nsnc23)cc1. The molecule has 0 atom stereocenters. The van der Waals surface area contributed by atoms with Crippen LogP contribution in [0.15, 0.2) is 47.4 Å². The molecule has 0 N–H and O–H groups in total. The summed E-state index contributed by atoms with van der Waals surface area (Å²) >= 11 is 0.900. The Balaban J connectivity index is 1.97. The van der Waals surface area contributed by atoms with Gasteiger partial charge in [-0.15, -0.1) is 0 Å². The maximum absolute atomic E-state index is 12.3. The Kier molecular flexibility index (Phi) is 3.47. The highest BCUT2D eigenvalue weighted by Gasteiger charge is 2.22. The first kappa shape index (κ1) is 14.4. The summed E-state index contributed by atoms with van der Waals surface area (Å²) in [5, 5.41) is 10.6. The number of nitro groups is 1. The van der Waals surface area contributed by atoms with E-state index in [1.807, 2.05) is 0 Å². The van der Waals surface area contributed by atoms with Crippen LogP contribution in [0.5, 0.6) is 5.75 Å². The molecule has 0 aliphatic carbocycles. The van der Waals surface area contributed by atoms with E-state index in [2.05, 4.69) is 8.75 Å². The van der Waals surface area contributed by atoms with Gasteiger partial charge in [0.25, 0.3) is 5.69 Å². The van der Waals surface area contributed by atoms with E-state index in [9.17, 15) is 18.5 Å². The minimum Gasteiger partial charge on any atom is -0.379 e. The van der Waals surface area contributed by atoms with E-state index in [1.54, 1.807) is 6.07 Å². The molecular weight excluding hydrogens is 330 g/mol. The summed E-state index contributed by atoms with van der Waals surface area (Å²) in [7, 11) is -4.11. The van der Waals surface area contributed by atoms with Crippen molar-refractivity contribution in [1.29, 1.82) is 0 Å². The zero-order chi connectivity index (χ0) is 15.7. The standard InChI is InChI=1S/C12H7N3O5S2/c16-15(17)8-4-6-9(7-5-8)20-22(18,19)11-3-1-2-10-12(11)14-21-13-10/h1-7H. The minimum absolute atomic E-state index is 0.0224. The van der Waals surface area contributed by atoms with Gasteiger partial charge in [0.2, 0.25) is 0 Å². The monoisotopic (exact) mass is 337 g/mol. The zero-order valence-electron chi connectivity index (χ0n) is 10.7. The molecule has 8 nitrogen and oxygen atoms in total. The summed E-state index contributed by atoms with van der Waals surface area (Å²) in [6.45, 7) is 0. The molecule has 0 bridgehead atoms. The Bertz CT molecular complexity index is 950. The van der Waals surface area contributed by atoms with E-state index in [1.165, 1.54) is 24.3 Å². The first-order chi connectivity index (χ1) is 10.5. The molecule has 0 unspecified atom stereocenters. The molecular formula is C12H7N3O5S2. The molecule has 0 aliphatic rings. The Morgan fingerprint density at radius 1 is 1.09 bits per heavy atom. The fourth-order valence-corrected chi connectivity index (χ4v) is 3.47. The van der Waals surface area contributed by atoms with Gasteiger partial charge in [-0.2, -0.15) is 17.2 Å². The van der Waals surface area contributed by atoms with E-state index in [4.69, 9.17) is 4.18 Å². The summed E-state index contributed by atoms with van der Waals surface area (Å²) in [5.41, 5.74) is 0.531. The van der Waals surface area contributed by atoms with Gasteiger partial charge >= 0.3 is 10.1 Å². The Labute approximate surface area is 128 Å². The molecule has 1 heterocycles. The van der Waals surface area contributed by atoms with E-state index in [-0.39, 0.29) is 21.8 Å². The van der Waals surface area contributed by atoms with Gasteiger partial charge < -0.3 is 4.18 Å². The molecule has 0 radical (unpaired) electrons. The molecule has 1 aromatic heterocycles. The van der Waals surface area contributed by atoms with Crippen LogP contribution in [0.1, 0.15) is 0 Å². The molecule has 0 spiro atoms. The molecule has 0 saturated carbocycles. The lowest BCUT2D eigenvalue weighted by molar-refractivity contribution is -0.384. The third-order valence-corrected chi connectivity index (χ3v) is 4.59. The van der Waals surface area contributed by atoms with Crippen LogP contribution in [0.3, 0.4) is 0 Å². The second-order valence-electron chi connectivity index (χ2n) is 4.18. The van der Waals surface area contributed by atoms with Crippen molar-refractivity contribution in [2.75, 3.05) is 0 Å². The first-order valence-corrected chi connectivity index (χ1v) is 8.01. The van der Waals surface area contributed by atoms with Crippen molar-refractivity contribution in [2.45, 2.75) is 4.90 Å². The lowest BCUT2D eigenvalue weighted by Gasteiger charge is -2.06. The van der Waals surface area contributed by atoms with Crippen molar-refractivity contribution >= 4 is 38.6 Å². The van der Waals surface area contributed by atoms with Crippen molar-refractivity contribution in [3.05, 3.63) is 52.6 Å². The Hall–Kier alpha value is -2.59. The minimum atomic E-state index is -4.11. The Morgan fingerprint density at radius 3 is 2.50 bits per heavy atom. The van der Waals surface area contributed by atoms with Crippen LogP contribution >= 0.6 is 11.7 Å². The lowest BCUT2D eigenvalue weighted by atomic mass is 10.3. The molecule has 0 aliphatic heterocycles. The van der Waals surface area contributed by atoms with Gasteiger partial charge in [-0.1, -0.05) is 6.07 Å². The average Bonchev–Trinajstić information content (AvgIpc) is 2.95. The maximum atomic E-state index is 12.3. The van der Waals surface area contributed by atoms with Gasteiger partial charge in [0.05, 0.1) is 16.7 Å². The molecule has 0 saturated heterocycles. The molecule has 3 rings (SSSR count). The number of hydrogen-bond donors (Lipinski definition) is 0. The van der Waals surface area contributed by atoms with E-state index in [0.29, 0.717) is 5.52 Å². The van der Waals surface area contributed by atoms with Crippen LogP contribution < -0.4 is 4.18 Å². The highest BCUT2D eigenvalue weighted by Crippen LogP contribution is 2.25. The number of rotatable bonds is 4. The summed E-state index contributed by atoms with van der Waals surface area (Å²) in [5.74, 6) is -0.0224. The van der Waals surface area contributed by atoms with Crippen LogP contribution in [-0.2, 0) is 10.1 Å². The molecule has 3 aromatic rings. The quantitative estimate of drug-likeness (QED) is 0.408. The number of hydrogen-bond acceptors (Lipinski definition) is 8. The molecule has 0 amide bonds. The predicted octanol–water partition coefficient (Wildman–Crippen LogP) is 2.37. The van der Waals surface area contributed by atoms with E-state index >= 15 is 0 Å². The van der Waals surface area contributed by atoms with Crippen LogP contribution in [0, 0.1) is 10.1 Å². The zero-order valence-corrected chi connectivity index (χ0v) is 12.4. The smallest absolute Gasteiger partial charge is 0.341 e. The lowest BCUT2D eigenvalue weighted by Crippen LogP contribution is -2.10. The average molecular weight is 337 g/mol. The number of non-ortho nitro benzene ring substituents is 1. The molecule has 22 heavy (non-hydrogen) atoms. The van der Waals surface area contributed by atoms with Crippen molar-refractivity contribution in [3.8, 4) is 5.75 Å². The highest BCUT2D eigenvalue weighted by molar-refractivity contribution is 7.87. The summed E-state index contributed by atoms with van der Waals surface area (Å²) < 4.78 is 37.5. The summed E-state index contributed by atoms with van der Waals surface area (Å²) in [6, 6.07) is 9.31. The third kappa shape index (κ3) is 2.61. The van der Waals surface area contributed by atoms with E-state index < -0.39 is 15.0 Å². The van der Waals surface area contributed by atoms with Gasteiger partial charge in [-0.3, -0.25) is 10.1 Å². The van der Waals surface area contributed by atoms with Crippen LogP contribution in [-0.4, -0.2) is 22.1 Å². The second-order valence-corrected chi connectivity index (χ2v) is 6.22. The van der Waals surface area contributed by atoms with Gasteiger partial charge in [0.15, 0.2) is 0 Å². The number of nitro benzene ring substituents is 1. The largest absolute Gasteiger partial charge is 0.379 e. The van der Waals surface area contributed by atoms with Crippen LogP contribution in [0.2, 0.25) is 0 Å². The van der Waals surface area contributed by atoms with Crippen molar-refractivity contribution in [3.63, 3.8) is 0 Å².